The van der Waals surface area contributed by atoms with Crippen LogP contribution in [0.2, 0.25) is 0 Å². The number of carbonyl (C=O) groups is 3. The molecule has 1 aromatic rings. The first-order valence-corrected chi connectivity index (χ1v) is 10.8. The van der Waals surface area contributed by atoms with Crippen LogP contribution in [0.5, 0.6) is 0 Å². The summed E-state index contributed by atoms with van der Waals surface area (Å²) in [6, 6.07) is 9.56. The number of esters is 1. The van der Waals surface area contributed by atoms with Crippen molar-refractivity contribution in [3.8, 4) is 0 Å². The summed E-state index contributed by atoms with van der Waals surface area (Å²) in [5.74, 6) is -0.0647. The molecule has 0 bridgehead atoms. The molecule has 2 aliphatic rings. The Labute approximate surface area is 173 Å². The fourth-order valence-electron chi connectivity index (χ4n) is 4.54. The van der Waals surface area contributed by atoms with E-state index in [1.807, 2.05) is 30.3 Å². The number of carbonyl (C=O) groups excluding carboxylic acids is 3. The molecule has 29 heavy (non-hydrogen) atoms. The maximum absolute atomic E-state index is 13.1. The number of rotatable bonds is 6. The lowest BCUT2D eigenvalue weighted by atomic mass is 9.72. The van der Waals surface area contributed by atoms with Crippen molar-refractivity contribution in [1.82, 2.24) is 10.2 Å². The number of likely N-dealkylation sites (tertiary alicyclic amines) is 1. The summed E-state index contributed by atoms with van der Waals surface area (Å²) in [5, 5.41) is 2.92. The van der Waals surface area contributed by atoms with Crippen molar-refractivity contribution in [2.24, 2.45) is 5.92 Å². The van der Waals surface area contributed by atoms with Crippen molar-refractivity contribution < 1.29 is 19.1 Å². The van der Waals surface area contributed by atoms with Crippen LogP contribution in [0.4, 0.5) is 0 Å². The highest BCUT2D eigenvalue weighted by molar-refractivity contribution is 5.87. The Balaban J connectivity index is 1.58. The minimum atomic E-state index is -0.809. The number of nitrogens with one attached hydrogen (secondary N) is 1. The van der Waals surface area contributed by atoms with E-state index < -0.39 is 5.41 Å². The second-order valence-corrected chi connectivity index (χ2v) is 8.34. The second kappa shape index (κ2) is 9.90. The highest BCUT2D eigenvalue weighted by Gasteiger charge is 2.44. The molecule has 0 radical (unpaired) electrons. The van der Waals surface area contributed by atoms with Gasteiger partial charge in [0.2, 0.25) is 5.91 Å². The summed E-state index contributed by atoms with van der Waals surface area (Å²) in [7, 11) is 0. The van der Waals surface area contributed by atoms with Gasteiger partial charge in [-0.2, -0.15) is 0 Å². The van der Waals surface area contributed by atoms with Gasteiger partial charge >= 0.3 is 5.97 Å². The molecule has 6 heteroatoms. The monoisotopic (exact) mass is 400 g/mol. The first kappa shape index (κ1) is 21.3. The lowest BCUT2D eigenvalue weighted by Gasteiger charge is -2.40. The zero-order chi connectivity index (χ0) is 20.7. The van der Waals surface area contributed by atoms with E-state index in [0.717, 1.165) is 18.4 Å². The van der Waals surface area contributed by atoms with E-state index >= 15 is 0 Å². The van der Waals surface area contributed by atoms with E-state index in [1.54, 1.807) is 11.8 Å². The first-order valence-electron chi connectivity index (χ1n) is 10.8. The summed E-state index contributed by atoms with van der Waals surface area (Å²) >= 11 is 0. The van der Waals surface area contributed by atoms with Gasteiger partial charge in [-0.05, 0) is 37.2 Å². The maximum Gasteiger partial charge on any atom is 0.317 e. The molecule has 158 valence electrons. The van der Waals surface area contributed by atoms with Gasteiger partial charge in [0.05, 0.1) is 5.41 Å². The Morgan fingerprint density at radius 3 is 2.34 bits per heavy atom. The van der Waals surface area contributed by atoms with Gasteiger partial charge in [-0.3, -0.25) is 14.4 Å². The lowest BCUT2D eigenvalue weighted by Crippen LogP contribution is -2.49. The van der Waals surface area contributed by atoms with E-state index in [-0.39, 0.29) is 24.4 Å². The van der Waals surface area contributed by atoms with E-state index in [2.05, 4.69) is 5.32 Å². The third-order valence-corrected chi connectivity index (χ3v) is 6.43. The van der Waals surface area contributed by atoms with E-state index in [9.17, 15) is 14.4 Å². The highest BCUT2D eigenvalue weighted by Crippen LogP contribution is 2.37. The van der Waals surface area contributed by atoms with Gasteiger partial charge in [0, 0.05) is 26.6 Å². The Morgan fingerprint density at radius 1 is 1.07 bits per heavy atom. The SMILES string of the molecule is CC(=O)N1CCC(C(=O)OCC(=O)NCC2CCCCC2)(c2ccccc2)CC1. The number of ether oxygens (including phenoxy) is 1. The number of amides is 2. The molecule has 2 fully saturated rings. The molecule has 0 aromatic heterocycles. The van der Waals surface area contributed by atoms with Crippen molar-refractivity contribution >= 4 is 17.8 Å². The minimum absolute atomic E-state index is 0.0159. The van der Waals surface area contributed by atoms with Crippen LogP contribution in [-0.2, 0) is 24.5 Å². The molecule has 1 aliphatic carbocycles. The van der Waals surface area contributed by atoms with E-state index in [1.165, 1.54) is 19.3 Å². The van der Waals surface area contributed by atoms with Gasteiger partial charge < -0.3 is 15.0 Å². The molecule has 0 spiro atoms. The van der Waals surface area contributed by atoms with Crippen LogP contribution in [0, 0.1) is 5.92 Å². The van der Waals surface area contributed by atoms with Gasteiger partial charge in [0.25, 0.3) is 5.91 Å². The fourth-order valence-corrected chi connectivity index (χ4v) is 4.54. The third-order valence-electron chi connectivity index (χ3n) is 6.43. The van der Waals surface area contributed by atoms with Crippen LogP contribution >= 0.6 is 0 Å². The molecule has 1 N–H and O–H groups in total. The number of nitrogens with zero attached hydrogens (tertiary/aromatic N) is 1. The Kier molecular flexibility index (Phi) is 7.29. The van der Waals surface area contributed by atoms with Crippen LogP contribution in [0.3, 0.4) is 0 Å². The number of piperidine rings is 1. The quantitative estimate of drug-likeness (QED) is 0.745. The average molecular weight is 401 g/mol. The summed E-state index contributed by atoms with van der Waals surface area (Å²) < 4.78 is 5.48. The van der Waals surface area contributed by atoms with Gasteiger partial charge in [0.1, 0.15) is 0 Å². The molecule has 2 amide bonds. The molecule has 6 nitrogen and oxygen atoms in total. The maximum atomic E-state index is 13.1. The average Bonchev–Trinajstić information content (AvgIpc) is 2.77. The first-order chi connectivity index (χ1) is 14.0. The van der Waals surface area contributed by atoms with Gasteiger partial charge in [-0.15, -0.1) is 0 Å². The molecule has 1 saturated carbocycles. The van der Waals surface area contributed by atoms with E-state index in [0.29, 0.717) is 38.4 Å². The number of hydrogen-bond donors (Lipinski definition) is 1. The van der Waals surface area contributed by atoms with Crippen molar-refractivity contribution in [3.63, 3.8) is 0 Å². The Morgan fingerprint density at radius 2 is 1.72 bits per heavy atom. The van der Waals surface area contributed by atoms with Gasteiger partial charge in [-0.1, -0.05) is 49.6 Å². The molecule has 1 aliphatic heterocycles. The topological polar surface area (TPSA) is 75.7 Å². The van der Waals surface area contributed by atoms with Crippen LogP contribution in [0.25, 0.3) is 0 Å². The molecule has 0 atom stereocenters. The summed E-state index contributed by atoms with van der Waals surface area (Å²) in [5.41, 5.74) is 0.0763. The van der Waals surface area contributed by atoms with Gasteiger partial charge in [0.15, 0.2) is 6.61 Å². The normalized spacial score (nSPS) is 19.4. The number of benzene rings is 1. The molecule has 1 aromatic carbocycles. The molecule has 0 unspecified atom stereocenters. The predicted octanol–water partition coefficient (Wildman–Crippen LogP) is 2.81. The molecule has 1 heterocycles. The fraction of sp³-hybridized carbons (Fsp3) is 0.609. The van der Waals surface area contributed by atoms with Crippen LogP contribution < -0.4 is 5.32 Å². The predicted molar refractivity (Wildman–Crippen MR) is 110 cm³/mol. The van der Waals surface area contributed by atoms with Gasteiger partial charge in [-0.25, -0.2) is 0 Å². The van der Waals surface area contributed by atoms with Crippen LogP contribution in [0.15, 0.2) is 30.3 Å². The zero-order valence-electron chi connectivity index (χ0n) is 17.3. The van der Waals surface area contributed by atoms with Crippen LogP contribution in [-0.4, -0.2) is 48.9 Å². The minimum Gasteiger partial charge on any atom is -0.455 e. The van der Waals surface area contributed by atoms with Crippen molar-refractivity contribution in [2.45, 2.75) is 57.3 Å². The zero-order valence-corrected chi connectivity index (χ0v) is 17.3. The third kappa shape index (κ3) is 5.37. The smallest absolute Gasteiger partial charge is 0.317 e. The molecule has 3 rings (SSSR count). The molecular weight excluding hydrogens is 368 g/mol. The largest absolute Gasteiger partial charge is 0.455 e. The number of hydrogen-bond acceptors (Lipinski definition) is 4. The lowest BCUT2D eigenvalue weighted by molar-refractivity contribution is -0.157. The highest BCUT2D eigenvalue weighted by atomic mass is 16.5. The van der Waals surface area contributed by atoms with Crippen molar-refractivity contribution in [3.05, 3.63) is 35.9 Å². The molecular formula is C23H32N2O4. The summed E-state index contributed by atoms with van der Waals surface area (Å²) in [6.07, 6.45) is 7.05. The Bertz CT molecular complexity index is 705. The van der Waals surface area contributed by atoms with Crippen molar-refractivity contribution in [1.29, 1.82) is 0 Å². The van der Waals surface area contributed by atoms with E-state index in [4.69, 9.17) is 4.74 Å². The Hall–Kier alpha value is -2.37. The summed E-state index contributed by atoms with van der Waals surface area (Å²) in [4.78, 5) is 38.8. The standard InChI is InChI=1S/C23H32N2O4/c1-18(26)25-14-12-23(13-15-25,20-10-6-3-7-11-20)22(28)29-17-21(27)24-16-19-8-4-2-5-9-19/h3,6-7,10-11,19H,2,4-5,8-9,12-17H2,1H3,(H,24,27). The summed E-state index contributed by atoms with van der Waals surface area (Å²) in [6.45, 7) is 2.97. The van der Waals surface area contributed by atoms with Crippen molar-refractivity contribution in [2.75, 3.05) is 26.2 Å². The molecule has 1 saturated heterocycles. The van der Waals surface area contributed by atoms with Crippen LogP contribution in [0.1, 0.15) is 57.4 Å². The second-order valence-electron chi connectivity index (χ2n) is 8.34.